The molecule has 7 heteroatoms. The summed E-state index contributed by atoms with van der Waals surface area (Å²) in [6.45, 7) is 0. The molecular formula is C13H9Br2ClF2N2. The highest BCUT2D eigenvalue weighted by Gasteiger charge is 2.20. The van der Waals surface area contributed by atoms with Crippen LogP contribution in [0.4, 0.5) is 8.78 Å². The maximum absolute atomic E-state index is 14.2. The van der Waals surface area contributed by atoms with Crippen molar-refractivity contribution in [3.05, 3.63) is 67.1 Å². The quantitative estimate of drug-likeness (QED) is 0.424. The molecule has 2 aromatic carbocycles. The van der Waals surface area contributed by atoms with E-state index in [1.807, 2.05) is 0 Å². The Morgan fingerprint density at radius 3 is 2.40 bits per heavy atom. The van der Waals surface area contributed by atoms with Gasteiger partial charge < -0.3 is 0 Å². The van der Waals surface area contributed by atoms with Crippen molar-refractivity contribution in [2.24, 2.45) is 5.84 Å². The molecule has 2 rings (SSSR count). The van der Waals surface area contributed by atoms with Gasteiger partial charge >= 0.3 is 0 Å². The standard InChI is InChI=1S/C13H9Br2ClF2N2/c14-8-3-2-7(12(18)11(8)16)13(20-19)6-1-4-10(17)9(15)5-6/h1-5,13,20H,19H2. The van der Waals surface area contributed by atoms with Gasteiger partial charge in [0.25, 0.3) is 0 Å². The maximum atomic E-state index is 14.2. The van der Waals surface area contributed by atoms with Crippen LogP contribution >= 0.6 is 43.5 Å². The highest BCUT2D eigenvalue weighted by molar-refractivity contribution is 9.10. The minimum atomic E-state index is -0.641. The Kier molecular flexibility index (Phi) is 5.14. The summed E-state index contributed by atoms with van der Waals surface area (Å²) in [6.07, 6.45) is 0. The van der Waals surface area contributed by atoms with Crippen molar-refractivity contribution in [3.63, 3.8) is 0 Å². The topological polar surface area (TPSA) is 38.0 Å². The van der Waals surface area contributed by atoms with Gasteiger partial charge in [0.15, 0.2) is 0 Å². The lowest BCUT2D eigenvalue weighted by atomic mass is 9.99. The van der Waals surface area contributed by atoms with Crippen LogP contribution in [-0.2, 0) is 0 Å². The van der Waals surface area contributed by atoms with Crippen LogP contribution in [0.25, 0.3) is 0 Å². The fraction of sp³-hybridized carbons (Fsp3) is 0.0769. The van der Waals surface area contributed by atoms with Gasteiger partial charge in [-0.05, 0) is 55.6 Å². The van der Waals surface area contributed by atoms with E-state index in [4.69, 9.17) is 17.4 Å². The number of benzene rings is 2. The van der Waals surface area contributed by atoms with Crippen LogP contribution in [0.15, 0.2) is 39.3 Å². The van der Waals surface area contributed by atoms with Crippen LogP contribution in [0.3, 0.4) is 0 Å². The van der Waals surface area contributed by atoms with Crippen molar-refractivity contribution in [1.82, 2.24) is 5.43 Å². The molecule has 0 fully saturated rings. The molecule has 1 atom stereocenters. The van der Waals surface area contributed by atoms with Crippen LogP contribution < -0.4 is 11.3 Å². The van der Waals surface area contributed by atoms with Crippen LogP contribution in [0, 0.1) is 11.6 Å². The third-order valence-corrected chi connectivity index (χ3v) is 4.69. The van der Waals surface area contributed by atoms with Gasteiger partial charge in [0.2, 0.25) is 0 Å². The van der Waals surface area contributed by atoms with Gasteiger partial charge in [-0.15, -0.1) is 0 Å². The van der Waals surface area contributed by atoms with Crippen molar-refractivity contribution in [1.29, 1.82) is 0 Å². The average Bonchev–Trinajstić information content (AvgIpc) is 2.43. The van der Waals surface area contributed by atoms with Crippen molar-refractivity contribution < 1.29 is 8.78 Å². The van der Waals surface area contributed by atoms with Crippen LogP contribution in [0.5, 0.6) is 0 Å². The monoisotopic (exact) mass is 424 g/mol. The van der Waals surface area contributed by atoms with E-state index in [0.717, 1.165) is 0 Å². The van der Waals surface area contributed by atoms with Crippen molar-refractivity contribution in [3.8, 4) is 0 Å². The van der Waals surface area contributed by atoms with E-state index in [1.54, 1.807) is 12.1 Å². The fourth-order valence-electron chi connectivity index (χ4n) is 1.82. The summed E-state index contributed by atoms with van der Waals surface area (Å²) in [5.41, 5.74) is 3.40. The molecule has 0 amide bonds. The zero-order chi connectivity index (χ0) is 14.9. The largest absolute Gasteiger partial charge is 0.271 e. The van der Waals surface area contributed by atoms with Crippen molar-refractivity contribution in [2.75, 3.05) is 0 Å². The lowest BCUT2D eigenvalue weighted by molar-refractivity contribution is 0.558. The summed E-state index contributed by atoms with van der Waals surface area (Å²) in [5.74, 6) is 4.52. The smallest absolute Gasteiger partial charge is 0.148 e. The summed E-state index contributed by atoms with van der Waals surface area (Å²) in [5, 5.41) is -0.0241. The lowest BCUT2D eigenvalue weighted by Crippen LogP contribution is -2.29. The number of halogens is 5. The predicted molar refractivity (Wildman–Crippen MR) is 82.4 cm³/mol. The number of hydrogen-bond acceptors (Lipinski definition) is 2. The van der Waals surface area contributed by atoms with E-state index >= 15 is 0 Å². The molecule has 0 aromatic heterocycles. The van der Waals surface area contributed by atoms with E-state index in [-0.39, 0.29) is 15.1 Å². The second kappa shape index (κ2) is 6.49. The molecule has 3 N–H and O–H groups in total. The third-order valence-electron chi connectivity index (χ3n) is 2.82. The molecule has 0 saturated carbocycles. The zero-order valence-corrected chi connectivity index (χ0v) is 13.9. The van der Waals surface area contributed by atoms with Gasteiger partial charge in [0.05, 0.1) is 15.5 Å². The molecule has 2 aromatic rings. The minimum Gasteiger partial charge on any atom is -0.271 e. The van der Waals surface area contributed by atoms with Gasteiger partial charge in [-0.25, -0.2) is 14.2 Å². The van der Waals surface area contributed by atoms with E-state index in [1.165, 1.54) is 18.2 Å². The highest BCUT2D eigenvalue weighted by Crippen LogP contribution is 2.33. The second-order valence-corrected chi connectivity index (χ2v) is 6.12. The first-order chi connectivity index (χ1) is 9.45. The predicted octanol–water partition coefficient (Wildman–Crippen LogP) is 4.70. The van der Waals surface area contributed by atoms with Crippen LogP contribution in [0.2, 0.25) is 5.02 Å². The summed E-state index contributed by atoms with van der Waals surface area (Å²) < 4.78 is 28.2. The number of hydrogen-bond donors (Lipinski definition) is 2. The first kappa shape index (κ1) is 15.9. The maximum Gasteiger partial charge on any atom is 0.148 e. The van der Waals surface area contributed by atoms with Gasteiger partial charge in [0.1, 0.15) is 11.6 Å². The molecule has 0 bridgehead atoms. The van der Waals surface area contributed by atoms with Gasteiger partial charge in [0, 0.05) is 10.0 Å². The zero-order valence-electron chi connectivity index (χ0n) is 9.93. The fourth-order valence-corrected chi connectivity index (χ4v) is 2.70. The average molecular weight is 426 g/mol. The van der Waals surface area contributed by atoms with Crippen molar-refractivity contribution in [2.45, 2.75) is 6.04 Å². The van der Waals surface area contributed by atoms with Gasteiger partial charge in [-0.3, -0.25) is 5.84 Å². The minimum absolute atomic E-state index is 0.0241. The molecule has 0 heterocycles. The van der Waals surface area contributed by atoms with Crippen molar-refractivity contribution >= 4 is 43.5 Å². The Morgan fingerprint density at radius 1 is 1.10 bits per heavy atom. The molecule has 0 aliphatic rings. The Balaban J connectivity index is 2.52. The first-order valence-electron chi connectivity index (χ1n) is 5.50. The Bertz CT molecular complexity index is 653. The Labute approximate surface area is 136 Å². The molecule has 0 aliphatic heterocycles. The van der Waals surface area contributed by atoms with Gasteiger partial charge in [-0.1, -0.05) is 23.7 Å². The molecule has 0 spiro atoms. The lowest BCUT2D eigenvalue weighted by Gasteiger charge is -2.19. The number of hydrazine groups is 1. The third kappa shape index (κ3) is 3.04. The molecule has 20 heavy (non-hydrogen) atoms. The van der Waals surface area contributed by atoms with Crippen LogP contribution in [-0.4, -0.2) is 0 Å². The molecule has 2 nitrogen and oxygen atoms in total. The SMILES string of the molecule is NNC(c1ccc(F)c(Br)c1)c1ccc(Br)c(Cl)c1F. The summed E-state index contributed by atoms with van der Waals surface area (Å²) >= 11 is 12.1. The Hall–Kier alpha value is -0.530. The molecule has 1 unspecified atom stereocenters. The summed E-state index contributed by atoms with van der Waals surface area (Å²) in [7, 11) is 0. The molecule has 0 radical (unpaired) electrons. The molecular weight excluding hydrogens is 417 g/mol. The van der Waals surface area contributed by atoms with E-state index in [2.05, 4.69) is 37.3 Å². The Morgan fingerprint density at radius 2 is 1.80 bits per heavy atom. The molecule has 0 saturated heterocycles. The summed E-state index contributed by atoms with van der Waals surface area (Å²) in [6, 6.07) is 6.89. The van der Waals surface area contributed by atoms with Gasteiger partial charge in [-0.2, -0.15) is 0 Å². The molecule has 106 valence electrons. The molecule has 0 aliphatic carbocycles. The first-order valence-corrected chi connectivity index (χ1v) is 7.46. The normalized spacial score (nSPS) is 12.5. The number of nitrogens with two attached hydrogens (primary N) is 1. The second-order valence-electron chi connectivity index (χ2n) is 4.04. The van der Waals surface area contributed by atoms with E-state index in [0.29, 0.717) is 10.0 Å². The van der Waals surface area contributed by atoms with Crippen LogP contribution in [0.1, 0.15) is 17.2 Å². The highest BCUT2D eigenvalue weighted by atomic mass is 79.9. The van der Waals surface area contributed by atoms with E-state index < -0.39 is 17.7 Å². The van der Waals surface area contributed by atoms with E-state index in [9.17, 15) is 8.78 Å². The number of rotatable bonds is 3. The number of nitrogens with one attached hydrogen (secondary N) is 1. The summed E-state index contributed by atoms with van der Waals surface area (Å²) in [4.78, 5) is 0.